The van der Waals surface area contributed by atoms with Crippen LogP contribution in [0, 0.1) is 10.1 Å². The fourth-order valence-electron chi connectivity index (χ4n) is 2.48. The summed E-state index contributed by atoms with van der Waals surface area (Å²) in [5.41, 5.74) is 2.09. The molecule has 0 atom stereocenters. The monoisotopic (exact) mass is 398 g/mol. The second-order valence-corrected chi connectivity index (χ2v) is 6.17. The van der Waals surface area contributed by atoms with Crippen LogP contribution in [-0.2, 0) is 14.3 Å². The van der Waals surface area contributed by atoms with Crippen LogP contribution in [0.4, 0.5) is 22.7 Å². The van der Waals surface area contributed by atoms with Gasteiger partial charge in [-0.15, -0.1) is 0 Å². The molecule has 2 rings (SSSR count). The topological polar surface area (TPSA) is 114 Å². The molecule has 0 aromatic heterocycles. The quantitative estimate of drug-likeness (QED) is 0.193. The summed E-state index contributed by atoms with van der Waals surface area (Å²) in [6.45, 7) is 4.75. The maximum Gasteiger partial charge on any atom is 0.313 e. The fourth-order valence-corrected chi connectivity index (χ4v) is 2.48. The average molecular weight is 398 g/mol. The third-order valence-corrected chi connectivity index (χ3v) is 3.96. The molecule has 9 nitrogen and oxygen atoms in total. The first-order valence-electron chi connectivity index (χ1n) is 9.05. The fraction of sp³-hybridized carbons (Fsp3) is 0.300. The van der Waals surface area contributed by atoms with E-state index in [9.17, 15) is 19.7 Å². The molecule has 0 fully saturated rings. The highest BCUT2D eigenvalue weighted by molar-refractivity contribution is 5.94. The second kappa shape index (κ2) is 10.6. The lowest BCUT2D eigenvalue weighted by Crippen LogP contribution is -2.28. The minimum atomic E-state index is -0.518. The van der Waals surface area contributed by atoms with Crippen LogP contribution in [0.1, 0.15) is 20.3 Å². The molecule has 0 aliphatic rings. The van der Waals surface area contributed by atoms with E-state index in [4.69, 9.17) is 4.74 Å². The zero-order chi connectivity index (χ0) is 21.2. The molecule has 0 N–H and O–H groups in total. The zero-order valence-electron chi connectivity index (χ0n) is 16.3. The summed E-state index contributed by atoms with van der Waals surface area (Å²) in [5, 5.41) is 18.8. The smallest absolute Gasteiger partial charge is 0.313 e. The molecule has 9 heteroatoms. The van der Waals surface area contributed by atoms with Gasteiger partial charge in [0.25, 0.3) is 5.69 Å². The van der Waals surface area contributed by atoms with Crippen molar-refractivity contribution in [3.8, 4) is 0 Å². The molecule has 0 saturated heterocycles. The molecule has 152 valence electrons. The molecular weight excluding hydrogens is 376 g/mol. The van der Waals surface area contributed by atoms with Gasteiger partial charge in [0, 0.05) is 24.4 Å². The first kappa shape index (κ1) is 21.7. The number of carbonyl (C=O) groups is 2. The summed E-state index contributed by atoms with van der Waals surface area (Å²) in [6, 6.07) is 13.2. The highest BCUT2D eigenvalue weighted by Crippen LogP contribution is 2.23. The van der Waals surface area contributed by atoms with Crippen LogP contribution < -0.4 is 4.90 Å². The number of likely N-dealkylation sites (N-methyl/N-ethyl adjacent to an activating group) is 1. The first-order valence-corrected chi connectivity index (χ1v) is 9.05. The standard InChI is InChI=1S/C20H22N4O5/c1-3-23(12-13-29-20(26)14-15(2)25)18-8-4-16(5-9-18)21-22-17-6-10-19(11-7-17)24(27)28/h4-11H,3,12-14H2,1-2H3/b22-21+. The van der Waals surface area contributed by atoms with E-state index in [1.807, 2.05) is 24.0 Å². The molecule has 0 radical (unpaired) electrons. The molecular formula is C20H22N4O5. The highest BCUT2D eigenvalue weighted by atomic mass is 16.6. The Bertz CT molecular complexity index is 879. The Labute approximate surface area is 168 Å². The van der Waals surface area contributed by atoms with Crippen molar-refractivity contribution in [1.29, 1.82) is 0 Å². The lowest BCUT2D eigenvalue weighted by atomic mass is 10.2. The number of carbonyl (C=O) groups excluding carboxylic acids is 2. The Kier molecular flexibility index (Phi) is 7.96. The van der Waals surface area contributed by atoms with Crippen LogP contribution in [0.25, 0.3) is 0 Å². The van der Waals surface area contributed by atoms with Gasteiger partial charge in [-0.3, -0.25) is 19.7 Å². The average Bonchev–Trinajstić information content (AvgIpc) is 2.70. The number of esters is 1. The van der Waals surface area contributed by atoms with Gasteiger partial charge in [0.2, 0.25) is 0 Å². The summed E-state index contributed by atoms with van der Waals surface area (Å²) >= 11 is 0. The van der Waals surface area contributed by atoms with E-state index in [1.165, 1.54) is 31.2 Å². The molecule has 2 aromatic rings. The molecule has 0 unspecified atom stereocenters. The van der Waals surface area contributed by atoms with Crippen molar-refractivity contribution < 1.29 is 19.2 Å². The molecule has 0 bridgehead atoms. The van der Waals surface area contributed by atoms with Gasteiger partial charge < -0.3 is 9.64 Å². The number of ether oxygens (including phenoxy) is 1. The van der Waals surface area contributed by atoms with Crippen molar-refractivity contribution in [2.45, 2.75) is 20.3 Å². The van der Waals surface area contributed by atoms with Gasteiger partial charge in [0.15, 0.2) is 0 Å². The van der Waals surface area contributed by atoms with E-state index in [2.05, 4.69) is 10.2 Å². The molecule has 2 aromatic carbocycles. The highest BCUT2D eigenvalue weighted by Gasteiger charge is 2.09. The second-order valence-electron chi connectivity index (χ2n) is 6.17. The van der Waals surface area contributed by atoms with Gasteiger partial charge in [0.05, 0.1) is 22.8 Å². The number of nitro groups is 1. The van der Waals surface area contributed by atoms with Crippen molar-refractivity contribution in [3.63, 3.8) is 0 Å². The Morgan fingerprint density at radius 3 is 2.07 bits per heavy atom. The third-order valence-electron chi connectivity index (χ3n) is 3.96. The Hall–Kier alpha value is -3.62. The van der Waals surface area contributed by atoms with Crippen molar-refractivity contribution >= 4 is 34.5 Å². The Morgan fingerprint density at radius 2 is 1.59 bits per heavy atom. The van der Waals surface area contributed by atoms with Crippen molar-refractivity contribution in [2.75, 3.05) is 24.6 Å². The summed E-state index contributed by atoms with van der Waals surface area (Å²) in [4.78, 5) is 34.5. The van der Waals surface area contributed by atoms with Crippen molar-refractivity contribution in [2.24, 2.45) is 10.2 Å². The van der Waals surface area contributed by atoms with Gasteiger partial charge in [0.1, 0.15) is 18.8 Å². The summed E-state index contributed by atoms with van der Waals surface area (Å²) in [6.07, 6.45) is -0.208. The number of rotatable bonds is 10. The number of hydrogen-bond acceptors (Lipinski definition) is 8. The van der Waals surface area contributed by atoms with E-state index < -0.39 is 10.9 Å². The molecule has 0 aliphatic carbocycles. The number of Topliss-reactive ketones (excluding diaryl/α,β-unsaturated/α-hetero) is 1. The minimum absolute atomic E-state index is 0.0000620. The molecule has 29 heavy (non-hydrogen) atoms. The van der Waals surface area contributed by atoms with Gasteiger partial charge in [-0.05, 0) is 50.2 Å². The summed E-state index contributed by atoms with van der Waals surface area (Å²) in [7, 11) is 0. The number of benzene rings is 2. The van der Waals surface area contributed by atoms with E-state index in [0.717, 1.165) is 5.69 Å². The van der Waals surface area contributed by atoms with Crippen LogP contribution in [0.3, 0.4) is 0 Å². The van der Waals surface area contributed by atoms with E-state index in [1.54, 1.807) is 12.1 Å². The summed E-state index contributed by atoms with van der Waals surface area (Å²) in [5.74, 6) is -0.739. The lowest BCUT2D eigenvalue weighted by Gasteiger charge is -2.22. The van der Waals surface area contributed by atoms with Crippen molar-refractivity contribution in [3.05, 3.63) is 58.6 Å². The van der Waals surface area contributed by atoms with Crippen LogP contribution in [0.5, 0.6) is 0 Å². The van der Waals surface area contributed by atoms with Crippen LogP contribution in [0.15, 0.2) is 58.8 Å². The van der Waals surface area contributed by atoms with Gasteiger partial charge >= 0.3 is 5.97 Å². The maximum absolute atomic E-state index is 11.4. The number of anilines is 1. The van der Waals surface area contributed by atoms with Gasteiger partial charge in [-0.1, -0.05) is 0 Å². The molecule has 0 aliphatic heterocycles. The minimum Gasteiger partial charge on any atom is -0.463 e. The van der Waals surface area contributed by atoms with Gasteiger partial charge in [-0.2, -0.15) is 10.2 Å². The number of non-ortho nitro benzene ring substituents is 1. The van der Waals surface area contributed by atoms with E-state index >= 15 is 0 Å². The van der Waals surface area contributed by atoms with Crippen LogP contribution in [-0.4, -0.2) is 36.4 Å². The van der Waals surface area contributed by atoms with Crippen molar-refractivity contribution in [1.82, 2.24) is 0 Å². The lowest BCUT2D eigenvalue weighted by molar-refractivity contribution is -0.384. The maximum atomic E-state index is 11.4. The summed E-state index contributed by atoms with van der Waals surface area (Å²) < 4.78 is 5.06. The van der Waals surface area contributed by atoms with Gasteiger partial charge in [-0.25, -0.2) is 0 Å². The zero-order valence-corrected chi connectivity index (χ0v) is 16.3. The largest absolute Gasteiger partial charge is 0.463 e. The first-order chi connectivity index (χ1) is 13.9. The van der Waals surface area contributed by atoms with Crippen LogP contribution in [0.2, 0.25) is 0 Å². The molecule has 0 spiro atoms. The van der Waals surface area contributed by atoms with E-state index in [0.29, 0.717) is 24.5 Å². The SMILES string of the molecule is CCN(CCOC(=O)CC(C)=O)c1ccc(/N=N/c2ccc([N+](=O)[O-])cc2)cc1. The predicted molar refractivity (Wildman–Crippen MR) is 108 cm³/mol. The Morgan fingerprint density at radius 1 is 1.03 bits per heavy atom. The number of nitrogens with zero attached hydrogens (tertiary/aromatic N) is 4. The number of nitro benzene ring substituents is 1. The molecule has 0 heterocycles. The number of azo groups is 1. The normalized spacial score (nSPS) is 10.7. The predicted octanol–water partition coefficient (Wildman–Crippen LogP) is 4.36. The third kappa shape index (κ3) is 7.13. The molecule has 0 saturated carbocycles. The Balaban J connectivity index is 1.92. The molecule has 0 amide bonds. The number of hydrogen-bond donors (Lipinski definition) is 0. The van der Waals surface area contributed by atoms with E-state index in [-0.39, 0.29) is 24.5 Å². The number of ketones is 1. The van der Waals surface area contributed by atoms with Crippen LogP contribution >= 0.6 is 0 Å².